The summed E-state index contributed by atoms with van der Waals surface area (Å²) >= 11 is 0. The zero-order valence-electron chi connectivity index (χ0n) is 49.5. The Hall–Kier alpha value is -4.54. The average Bonchev–Trinajstić information content (AvgIpc) is 1.65. The Labute approximate surface area is 569 Å². The molecule has 10 rings (SSSR count). The van der Waals surface area contributed by atoms with E-state index in [0.29, 0.717) is 63.0 Å². The van der Waals surface area contributed by atoms with Crippen LogP contribution in [-0.4, -0.2) is 78.9 Å². The smallest absolute Gasteiger partial charge is 0.358 e. The van der Waals surface area contributed by atoms with Crippen LogP contribution in [0.2, 0.25) is 0 Å². The lowest BCUT2D eigenvalue weighted by Crippen LogP contribution is -2.12. The maximum absolute atomic E-state index is 12.3. The number of amides is 2. The number of carboxylic acids is 1. The number of anilines is 2. The number of hydrogen-bond donors (Lipinski definition) is 7. The minimum Gasteiger partial charge on any atom is -0.504 e. The molecule has 19 nitrogen and oxygen atoms in total. The number of ether oxygens (including phenoxy) is 4. The molecule has 494 valence electrons. The summed E-state index contributed by atoms with van der Waals surface area (Å²) in [5.41, 5.74) is 29.8. The molecule has 2 amide bonds. The topological polar surface area (TPSA) is 297 Å². The van der Waals surface area contributed by atoms with Gasteiger partial charge in [0.25, 0.3) is 0 Å². The number of aromatic carboxylic acids is 1. The first-order chi connectivity index (χ1) is 43.4. The van der Waals surface area contributed by atoms with Crippen molar-refractivity contribution in [3.05, 3.63) is 203 Å². The highest BCUT2D eigenvalue weighted by Crippen LogP contribution is 3.00. The molecule has 0 saturated carbocycles. The van der Waals surface area contributed by atoms with E-state index in [1.807, 2.05) is 133 Å². The first kappa shape index (κ1) is 80.9. The van der Waals surface area contributed by atoms with Gasteiger partial charge in [-0.05, 0) is 124 Å². The second-order valence-corrected chi connectivity index (χ2v) is 66.8. The van der Waals surface area contributed by atoms with E-state index in [1.54, 1.807) is 50.3 Å². The van der Waals surface area contributed by atoms with E-state index in [2.05, 4.69) is 95.4 Å². The highest BCUT2D eigenvalue weighted by Gasteiger charge is 2.27. The molecular formula is C60H80N10O9P14. The highest BCUT2D eigenvalue weighted by molar-refractivity contribution is 9.06. The number of primary amides is 2. The number of nitrogens with one attached hydrogen (secondary N) is 1. The largest absolute Gasteiger partial charge is 0.504 e. The van der Waals surface area contributed by atoms with Crippen LogP contribution in [0.15, 0.2) is 170 Å². The normalized spacial score (nSPS) is 10.5. The lowest BCUT2D eigenvalue weighted by atomic mass is 10.1. The van der Waals surface area contributed by atoms with Crippen molar-refractivity contribution in [3.8, 4) is 62.8 Å². The Morgan fingerprint density at radius 2 is 0.968 bits per heavy atom. The number of methoxy groups -OCH3 is 3. The summed E-state index contributed by atoms with van der Waals surface area (Å²) in [6.07, 6.45) is 0. The molecule has 10 aromatic rings. The van der Waals surface area contributed by atoms with Gasteiger partial charge in [0.05, 0.1) is 56.8 Å². The Morgan fingerprint density at radius 1 is 0.538 bits per heavy atom. The Balaban J connectivity index is 0.000000286. The lowest BCUT2D eigenvalue weighted by Gasteiger charge is -2.18. The van der Waals surface area contributed by atoms with Crippen LogP contribution in [0.1, 0.15) is 62.7 Å². The molecule has 0 saturated heterocycles. The average molecular weight is 1520 g/mol. The number of carbonyl (C=O) groups is 3. The van der Waals surface area contributed by atoms with E-state index in [-0.39, 0.29) is 80.1 Å². The number of H-pyrrole nitrogens is 1. The molecule has 3 aromatic heterocycles. The summed E-state index contributed by atoms with van der Waals surface area (Å²) < 4.78 is 24.9. The summed E-state index contributed by atoms with van der Waals surface area (Å²) in [6.45, 7) is 1.70. The van der Waals surface area contributed by atoms with Crippen LogP contribution >= 0.6 is 115 Å². The molecule has 33 heteroatoms. The maximum atomic E-state index is 12.3. The number of aromatic amines is 1. The molecule has 0 fully saturated rings. The van der Waals surface area contributed by atoms with Crippen LogP contribution in [0.25, 0.3) is 45.1 Å². The number of nitrogens with two attached hydrogens (primary N) is 4. The standard InChI is InChI=1S/C26H24N2O5.C25H21N5O3.C7H9N3O.2CH4.H10P8.H8P6/c1-31-21-12-8-18(9-13-21)16-28-24(26(29)30)25(23(27-28)20-6-4-3-5-7-20)33-17-19-10-14-22(32-2)15-11-19;1-33-18-10-7-15(8-11-18)14-30-22(23(31)21(29-30)16-5-3-2-4-6-16)25-27-19-12-9-17(24(26)32)13-20(19)28-25;8-5-2-1-4(7(10)11)3-6(5)9;;;1-6(2)8(5)7(3)4;1-5(2)6(3)4/h3-15H,16-17H2,1-2H3,(H,29,30);2-13,31H,14H2,1H3,(H2,26,32)(H,27,28);1-3H,8-9H2,(H2,10,11);2*1H4;1-5H2;1-4H2. The van der Waals surface area contributed by atoms with Crippen molar-refractivity contribution in [2.75, 3.05) is 32.8 Å². The number of imidazole rings is 1. The van der Waals surface area contributed by atoms with Gasteiger partial charge < -0.3 is 57.1 Å². The van der Waals surface area contributed by atoms with Crippen LogP contribution in [0.5, 0.6) is 28.7 Å². The maximum Gasteiger partial charge on any atom is 0.358 e. The third kappa shape index (κ3) is 24.2. The van der Waals surface area contributed by atoms with Gasteiger partial charge in [0.2, 0.25) is 11.8 Å². The highest BCUT2D eigenvalue weighted by atomic mass is 33.1. The van der Waals surface area contributed by atoms with Crippen LogP contribution in [-0.2, 0) is 19.7 Å². The van der Waals surface area contributed by atoms with Crippen molar-refractivity contribution in [1.82, 2.24) is 29.5 Å². The number of nitrogen functional groups attached to an aromatic ring is 2. The van der Waals surface area contributed by atoms with E-state index in [0.717, 1.165) is 45.1 Å². The van der Waals surface area contributed by atoms with Crippen LogP contribution < -0.4 is 41.9 Å². The van der Waals surface area contributed by atoms with Gasteiger partial charge >= 0.3 is 5.97 Å². The fourth-order valence-electron chi connectivity index (χ4n) is 8.09. The van der Waals surface area contributed by atoms with Gasteiger partial charge in [-0.3, -0.25) is 14.3 Å². The van der Waals surface area contributed by atoms with Crippen molar-refractivity contribution in [1.29, 1.82) is 0 Å². The first-order valence-corrected chi connectivity index (χ1v) is 50.1. The molecule has 7 aromatic carbocycles. The fourth-order valence-corrected chi connectivity index (χ4v) is 36.9. The predicted octanol–water partition coefficient (Wildman–Crippen LogP) is 17.3. The zero-order chi connectivity index (χ0) is 66.5. The molecule has 9 unspecified atom stereocenters. The number of carboxylic acid groups (broad SMARTS) is 1. The quantitative estimate of drug-likeness (QED) is 0.0293. The molecule has 93 heavy (non-hydrogen) atoms. The van der Waals surface area contributed by atoms with Crippen molar-refractivity contribution >= 4 is 155 Å². The summed E-state index contributed by atoms with van der Waals surface area (Å²) in [6, 6.07) is 50.9. The number of nitrogens with zero attached hydrogens (tertiary/aromatic N) is 5. The minimum atomic E-state index is -1.11. The molecule has 11 N–H and O–H groups in total. The summed E-state index contributed by atoms with van der Waals surface area (Å²) in [4.78, 5) is 42.3. The van der Waals surface area contributed by atoms with Crippen LogP contribution in [0.4, 0.5) is 11.4 Å². The number of fused-ring (bicyclic) bond motifs is 1. The predicted molar refractivity (Wildman–Crippen MR) is 428 cm³/mol. The van der Waals surface area contributed by atoms with Gasteiger partial charge in [0.15, 0.2) is 23.0 Å². The Kier molecular flexibility index (Phi) is 35.0. The van der Waals surface area contributed by atoms with E-state index in [1.165, 1.54) is 16.8 Å². The van der Waals surface area contributed by atoms with Gasteiger partial charge in [-0.2, -0.15) is 10.2 Å². The molecule has 0 radical (unpaired) electrons. The van der Waals surface area contributed by atoms with Crippen molar-refractivity contribution in [2.45, 2.75) is 34.5 Å². The van der Waals surface area contributed by atoms with Gasteiger partial charge in [0, 0.05) is 22.3 Å². The molecule has 0 bridgehead atoms. The second-order valence-electron chi connectivity index (χ2n) is 19.0. The van der Waals surface area contributed by atoms with Crippen LogP contribution in [0, 0.1) is 0 Å². The SMILES string of the molecule is C.C.COc1ccc(COc2c(-c3ccccc3)nn(Cc3ccc(OC)cc3)c2C(=O)O)cc1.COc1ccc(Cn2nc(-c3ccccc3)c(O)c2-c2nc3ccc(C(N)=O)cc3[nH]2)cc1.NC(=O)c1ccc(N)c(N)c1.PP(P)P(P)P.PP(P)P(P)P(P)P. The summed E-state index contributed by atoms with van der Waals surface area (Å²) in [5, 5.41) is 30.6. The number of hydrogen-bond acceptors (Lipinski definition) is 13. The van der Waals surface area contributed by atoms with Crippen molar-refractivity contribution < 1.29 is 43.5 Å². The molecule has 0 aliphatic heterocycles. The minimum absolute atomic E-state index is 0. The van der Waals surface area contributed by atoms with Crippen molar-refractivity contribution in [2.24, 2.45) is 11.5 Å². The van der Waals surface area contributed by atoms with E-state index in [9.17, 15) is 24.6 Å². The van der Waals surface area contributed by atoms with E-state index < -0.39 is 17.8 Å². The molecule has 9 atom stereocenters. The molecular weight excluding hydrogens is 1440 g/mol. The van der Waals surface area contributed by atoms with Gasteiger partial charge in [-0.15, -0.1) is 80.4 Å². The van der Waals surface area contributed by atoms with E-state index >= 15 is 0 Å². The Bertz CT molecular complexity index is 3970. The van der Waals surface area contributed by atoms with Gasteiger partial charge in [-0.1, -0.05) is 112 Å². The molecule has 0 aliphatic rings. The third-order valence-electron chi connectivity index (χ3n) is 12.8. The summed E-state index contributed by atoms with van der Waals surface area (Å²) in [5.74, 6) is 0.781. The van der Waals surface area contributed by atoms with Crippen LogP contribution in [0.3, 0.4) is 0 Å². The molecule has 0 aliphatic carbocycles. The van der Waals surface area contributed by atoms with E-state index in [4.69, 9.17) is 47.0 Å². The first-order valence-electron chi connectivity index (χ1n) is 26.7. The second kappa shape index (κ2) is 40.2. The fraction of sp³-hybridized carbons (Fsp3) is 0.133. The monoisotopic (exact) mass is 1520 g/mol. The third-order valence-corrected chi connectivity index (χ3v) is 72.0. The van der Waals surface area contributed by atoms with Gasteiger partial charge in [0.1, 0.15) is 40.9 Å². The molecule has 0 spiro atoms. The summed E-state index contributed by atoms with van der Waals surface area (Å²) in [7, 11) is 30.4. The lowest BCUT2D eigenvalue weighted by molar-refractivity contribution is 0.0678. The number of benzene rings is 7. The van der Waals surface area contributed by atoms with Gasteiger partial charge in [-0.25, -0.2) is 14.5 Å². The number of aromatic hydroxyl groups is 1. The van der Waals surface area contributed by atoms with Crippen molar-refractivity contribution in [3.63, 3.8) is 0 Å². The zero-order valence-corrected chi connectivity index (χ0v) is 64.4. The number of rotatable bonds is 19. The number of carbonyl (C=O) groups excluding carboxylic acids is 2. The molecule has 3 heterocycles. The Morgan fingerprint density at radius 3 is 1.39 bits per heavy atom. The number of aromatic nitrogens is 6.